The Hall–Kier alpha value is -1.75. The van der Waals surface area contributed by atoms with Crippen LogP contribution in [0.25, 0.3) is 5.57 Å². The first kappa shape index (κ1) is 15.6. The molecule has 1 aliphatic heterocycles. The maximum Gasteiger partial charge on any atom is 0.266 e. The van der Waals surface area contributed by atoms with Crippen LogP contribution in [-0.2, 0) is 4.79 Å². The molecule has 0 N–H and O–H groups in total. The molecule has 5 heteroatoms. The number of hydrogen-bond donors (Lipinski definition) is 0. The summed E-state index contributed by atoms with van der Waals surface area (Å²) >= 11 is 1.46. The van der Waals surface area contributed by atoms with Gasteiger partial charge < -0.3 is 4.74 Å². The number of carbonyl (C=O) groups is 1. The molecule has 0 unspecified atom stereocenters. The minimum Gasteiger partial charge on any atom is -0.497 e. The third-order valence-electron chi connectivity index (χ3n) is 3.34. The highest BCUT2D eigenvalue weighted by Gasteiger charge is 2.33. The number of methoxy groups -OCH3 is 1. The van der Waals surface area contributed by atoms with Gasteiger partial charge in [0.15, 0.2) is 5.17 Å². The van der Waals surface area contributed by atoms with Gasteiger partial charge in [0.1, 0.15) is 5.75 Å². The van der Waals surface area contributed by atoms with Gasteiger partial charge in [-0.25, -0.2) is 0 Å². The van der Waals surface area contributed by atoms with Gasteiger partial charge in [0.05, 0.1) is 12.0 Å². The topological polar surface area (TPSA) is 41.9 Å². The third kappa shape index (κ3) is 3.13. The second kappa shape index (κ2) is 6.80. The van der Waals surface area contributed by atoms with Gasteiger partial charge in [0, 0.05) is 13.1 Å². The van der Waals surface area contributed by atoms with Crippen LogP contribution in [0.3, 0.4) is 0 Å². The summed E-state index contributed by atoms with van der Waals surface area (Å²) in [6.07, 6.45) is 0. The lowest BCUT2D eigenvalue weighted by Gasteiger charge is -2.11. The smallest absolute Gasteiger partial charge is 0.266 e. The van der Waals surface area contributed by atoms with Crippen molar-refractivity contribution in [2.24, 2.45) is 4.99 Å². The van der Waals surface area contributed by atoms with E-state index >= 15 is 0 Å². The number of likely N-dealkylation sites (N-methyl/N-ethyl adjacent to an activating group) is 1. The van der Waals surface area contributed by atoms with Crippen LogP contribution in [0.1, 0.15) is 26.3 Å². The van der Waals surface area contributed by atoms with E-state index in [1.54, 1.807) is 12.0 Å². The first-order valence-electron chi connectivity index (χ1n) is 7.01. The van der Waals surface area contributed by atoms with Gasteiger partial charge >= 0.3 is 0 Å². The number of hydrogen-bond acceptors (Lipinski definition) is 4. The normalized spacial score (nSPS) is 19.3. The molecule has 0 atom stereocenters. The predicted molar refractivity (Wildman–Crippen MR) is 88.5 cm³/mol. The van der Waals surface area contributed by atoms with Crippen molar-refractivity contribution in [3.8, 4) is 5.75 Å². The van der Waals surface area contributed by atoms with Gasteiger partial charge in [0.2, 0.25) is 0 Å². The van der Waals surface area contributed by atoms with E-state index < -0.39 is 0 Å². The molecule has 0 radical (unpaired) electrons. The number of allylic oxidation sites excluding steroid dienone is 1. The Morgan fingerprint density at radius 2 is 1.95 bits per heavy atom. The molecule has 4 nitrogen and oxygen atoms in total. The van der Waals surface area contributed by atoms with Crippen LogP contribution in [0.2, 0.25) is 0 Å². The van der Waals surface area contributed by atoms with E-state index in [1.807, 2.05) is 45.0 Å². The van der Waals surface area contributed by atoms with E-state index in [9.17, 15) is 4.79 Å². The summed E-state index contributed by atoms with van der Waals surface area (Å²) in [5.41, 5.74) is 2.01. The first-order valence-corrected chi connectivity index (χ1v) is 7.83. The van der Waals surface area contributed by atoms with E-state index in [1.165, 1.54) is 11.8 Å². The number of nitrogens with zero attached hydrogens (tertiary/aromatic N) is 2. The van der Waals surface area contributed by atoms with Crippen molar-refractivity contribution < 1.29 is 9.53 Å². The standard InChI is InChI=1S/C16H20N2O2S/c1-5-17-16-18(6-2)15(19)14(21-16)11(3)12-7-9-13(20-4)10-8-12/h7-10H,5-6H2,1-4H3/b14-11-,17-16?. The molecule has 0 saturated carbocycles. The van der Waals surface area contributed by atoms with Gasteiger partial charge in [-0.2, -0.15) is 0 Å². The largest absolute Gasteiger partial charge is 0.497 e. The molecule has 1 aromatic carbocycles. The van der Waals surface area contributed by atoms with Crippen LogP contribution in [-0.4, -0.2) is 36.2 Å². The second-order valence-electron chi connectivity index (χ2n) is 4.59. The Bertz CT molecular complexity index is 591. The summed E-state index contributed by atoms with van der Waals surface area (Å²) in [7, 11) is 1.64. The fourth-order valence-electron chi connectivity index (χ4n) is 2.14. The number of carbonyl (C=O) groups excluding carboxylic acids is 1. The Balaban J connectivity index is 2.38. The summed E-state index contributed by atoms with van der Waals surface area (Å²) in [4.78, 5) is 19.4. The molecule has 1 fully saturated rings. The molecule has 1 heterocycles. The SMILES string of the molecule is CCN=C1S/C(=C(/C)c2ccc(OC)cc2)C(=O)N1CC. The van der Waals surface area contributed by atoms with Crippen LogP contribution in [0.5, 0.6) is 5.75 Å². The van der Waals surface area contributed by atoms with E-state index in [-0.39, 0.29) is 5.91 Å². The van der Waals surface area contributed by atoms with Gasteiger partial charge in [0.25, 0.3) is 5.91 Å². The molecule has 112 valence electrons. The van der Waals surface area contributed by atoms with Crippen LogP contribution in [0.4, 0.5) is 0 Å². The van der Waals surface area contributed by atoms with E-state index in [2.05, 4.69) is 4.99 Å². The lowest BCUT2D eigenvalue weighted by Crippen LogP contribution is -2.28. The number of benzene rings is 1. The lowest BCUT2D eigenvalue weighted by atomic mass is 10.1. The fourth-order valence-corrected chi connectivity index (χ4v) is 3.31. The predicted octanol–water partition coefficient (Wildman–Crippen LogP) is 3.40. The van der Waals surface area contributed by atoms with Gasteiger partial charge in [-0.15, -0.1) is 0 Å². The average Bonchev–Trinajstić information content (AvgIpc) is 2.83. The first-order chi connectivity index (χ1) is 10.1. The van der Waals surface area contributed by atoms with Crippen LogP contribution in [0.15, 0.2) is 34.2 Å². The highest BCUT2D eigenvalue weighted by atomic mass is 32.2. The number of aliphatic imine (C=N–C) groups is 1. The number of amidine groups is 1. The number of thioether (sulfide) groups is 1. The van der Waals surface area contributed by atoms with Crippen molar-refractivity contribution in [2.75, 3.05) is 20.2 Å². The van der Waals surface area contributed by atoms with E-state index in [4.69, 9.17) is 4.74 Å². The second-order valence-corrected chi connectivity index (χ2v) is 5.57. The molecule has 1 aromatic rings. The average molecular weight is 304 g/mol. The summed E-state index contributed by atoms with van der Waals surface area (Å²) < 4.78 is 5.16. The maximum absolute atomic E-state index is 12.5. The summed E-state index contributed by atoms with van der Waals surface area (Å²) in [5, 5.41) is 0.799. The highest BCUT2D eigenvalue weighted by Crippen LogP contribution is 2.36. The molecule has 0 spiro atoms. The van der Waals surface area contributed by atoms with Crippen LogP contribution in [0, 0.1) is 0 Å². The molecule has 0 aromatic heterocycles. The molecular formula is C16H20N2O2S. The summed E-state index contributed by atoms with van der Waals surface area (Å²) in [6, 6.07) is 7.75. The molecule has 1 amide bonds. The maximum atomic E-state index is 12.5. The number of ether oxygens (including phenoxy) is 1. The van der Waals surface area contributed by atoms with Crippen LogP contribution >= 0.6 is 11.8 Å². The van der Waals surface area contributed by atoms with Crippen LogP contribution < -0.4 is 4.74 Å². The molecular weight excluding hydrogens is 284 g/mol. The molecule has 2 rings (SSSR count). The molecule has 1 saturated heterocycles. The highest BCUT2D eigenvalue weighted by molar-refractivity contribution is 8.18. The zero-order valence-corrected chi connectivity index (χ0v) is 13.7. The zero-order chi connectivity index (χ0) is 15.4. The Morgan fingerprint density at radius 3 is 2.48 bits per heavy atom. The minimum absolute atomic E-state index is 0.0445. The molecule has 0 bridgehead atoms. The van der Waals surface area contributed by atoms with Crippen molar-refractivity contribution in [3.63, 3.8) is 0 Å². The van der Waals surface area contributed by atoms with Gasteiger partial charge in [-0.3, -0.25) is 14.7 Å². The van der Waals surface area contributed by atoms with Crippen molar-refractivity contribution in [1.82, 2.24) is 4.90 Å². The lowest BCUT2D eigenvalue weighted by molar-refractivity contribution is -0.122. The number of rotatable bonds is 4. The van der Waals surface area contributed by atoms with Gasteiger partial charge in [-0.05, 0) is 55.8 Å². The van der Waals surface area contributed by atoms with Gasteiger partial charge in [-0.1, -0.05) is 12.1 Å². The monoisotopic (exact) mass is 304 g/mol. The quantitative estimate of drug-likeness (QED) is 0.801. The number of amides is 1. The van der Waals surface area contributed by atoms with Crippen molar-refractivity contribution in [1.29, 1.82) is 0 Å². The summed E-state index contributed by atoms with van der Waals surface area (Å²) in [6.45, 7) is 7.25. The molecule has 1 aliphatic rings. The Kier molecular flexibility index (Phi) is 5.07. The Labute approximate surface area is 129 Å². The minimum atomic E-state index is 0.0445. The van der Waals surface area contributed by atoms with E-state index in [0.29, 0.717) is 13.1 Å². The summed E-state index contributed by atoms with van der Waals surface area (Å²) in [5.74, 6) is 0.855. The molecule has 21 heavy (non-hydrogen) atoms. The van der Waals surface area contributed by atoms with Crippen molar-refractivity contribution in [3.05, 3.63) is 34.7 Å². The molecule has 0 aliphatic carbocycles. The Morgan fingerprint density at radius 1 is 1.29 bits per heavy atom. The third-order valence-corrected chi connectivity index (χ3v) is 4.55. The van der Waals surface area contributed by atoms with Crippen molar-refractivity contribution in [2.45, 2.75) is 20.8 Å². The van der Waals surface area contributed by atoms with Crippen molar-refractivity contribution >= 4 is 28.4 Å². The fraction of sp³-hybridized carbons (Fsp3) is 0.375. The zero-order valence-electron chi connectivity index (χ0n) is 12.8. The van der Waals surface area contributed by atoms with E-state index in [0.717, 1.165) is 27.0 Å².